The van der Waals surface area contributed by atoms with Gasteiger partial charge in [0.15, 0.2) is 0 Å². The van der Waals surface area contributed by atoms with Gasteiger partial charge in [-0.25, -0.2) is 9.78 Å². The molecule has 0 fully saturated rings. The summed E-state index contributed by atoms with van der Waals surface area (Å²) in [5, 5.41) is 14.5. The molecule has 0 aliphatic rings. The molecule has 12 heavy (non-hydrogen) atoms. The first kappa shape index (κ1) is 15.2. The first-order valence-corrected chi connectivity index (χ1v) is 2.99. The summed E-state index contributed by atoms with van der Waals surface area (Å²) in [5.41, 5.74) is 0. The monoisotopic (exact) mass is 309 g/mol. The molecule has 4 nitrogen and oxygen atoms in total. The molecule has 0 amide bonds. The van der Waals surface area contributed by atoms with E-state index in [0.29, 0.717) is 5.15 Å². The maximum absolute atomic E-state index is 8.56. The van der Waals surface area contributed by atoms with Crippen LogP contribution < -0.4 is 0 Å². The number of hydrogen-bond donors (Lipinski definition) is 2. The van der Waals surface area contributed by atoms with E-state index < -0.39 is 6.16 Å². The van der Waals surface area contributed by atoms with Gasteiger partial charge < -0.3 is 10.2 Å². The first-order valence-electron chi connectivity index (χ1n) is 2.61. The van der Waals surface area contributed by atoms with Crippen LogP contribution in [0, 0.1) is 0 Å². The van der Waals surface area contributed by atoms with Crippen LogP contribution >= 0.6 is 11.6 Å². The third-order valence-corrected chi connectivity index (χ3v) is 0.852. The minimum atomic E-state index is -1.83. The SMILES string of the molecule is Clc1ccccn1.O=C(O)O.[CsH]. The van der Waals surface area contributed by atoms with Crippen molar-refractivity contribution in [2.45, 2.75) is 0 Å². The average Bonchev–Trinajstić information content (AvgIpc) is 1.87. The average molecular weight is 309 g/mol. The van der Waals surface area contributed by atoms with Crippen molar-refractivity contribution in [1.29, 1.82) is 0 Å². The number of carboxylic acid groups (broad SMARTS) is 2. The molecule has 0 spiro atoms. The van der Waals surface area contributed by atoms with Gasteiger partial charge >= 0.3 is 75.0 Å². The molecule has 6 heteroatoms. The van der Waals surface area contributed by atoms with E-state index in [1.165, 1.54) is 0 Å². The molecule has 0 saturated carbocycles. The summed E-state index contributed by atoms with van der Waals surface area (Å²) in [6.45, 7) is 0. The molecular formula is C6H7ClCsNO3. The number of halogens is 1. The van der Waals surface area contributed by atoms with Crippen LogP contribution in [0.4, 0.5) is 4.79 Å². The van der Waals surface area contributed by atoms with Crippen LogP contribution in [0.1, 0.15) is 0 Å². The molecule has 62 valence electrons. The Balaban J connectivity index is 0. The van der Waals surface area contributed by atoms with Gasteiger partial charge in [0.1, 0.15) is 5.15 Å². The van der Waals surface area contributed by atoms with E-state index in [9.17, 15) is 0 Å². The molecule has 0 radical (unpaired) electrons. The van der Waals surface area contributed by atoms with Crippen LogP contribution in [0.25, 0.3) is 0 Å². The van der Waals surface area contributed by atoms with Crippen LogP contribution in [0.3, 0.4) is 0 Å². The zero-order valence-corrected chi connectivity index (χ0v) is 6.19. The van der Waals surface area contributed by atoms with Crippen molar-refractivity contribution in [3.63, 3.8) is 0 Å². The Bertz CT molecular complexity index is 215. The molecule has 0 unspecified atom stereocenters. The zero-order valence-electron chi connectivity index (χ0n) is 5.44. The summed E-state index contributed by atoms with van der Waals surface area (Å²) in [7, 11) is 0. The molecule has 0 saturated heterocycles. The van der Waals surface area contributed by atoms with Crippen molar-refractivity contribution in [3.8, 4) is 0 Å². The van der Waals surface area contributed by atoms with E-state index in [0.717, 1.165) is 0 Å². The molecular weight excluding hydrogens is 302 g/mol. The Morgan fingerprint density at radius 2 is 1.92 bits per heavy atom. The van der Waals surface area contributed by atoms with E-state index in [-0.39, 0.29) is 68.9 Å². The van der Waals surface area contributed by atoms with Gasteiger partial charge in [-0.1, -0.05) is 17.7 Å². The van der Waals surface area contributed by atoms with Crippen molar-refractivity contribution >= 4 is 86.7 Å². The number of nitrogens with zero attached hydrogens (tertiary/aromatic N) is 1. The van der Waals surface area contributed by atoms with Gasteiger partial charge in [0.25, 0.3) is 0 Å². The van der Waals surface area contributed by atoms with Gasteiger partial charge in [-0.3, -0.25) is 0 Å². The molecule has 1 aromatic rings. The standard InChI is InChI=1S/C5H4ClN.CH2O3.Cs.H/c6-5-3-1-2-4-7-5;2-1(3)4;;/h1-4H;(H2,2,3,4);;. The summed E-state index contributed by atoms with van der Waals surface area (Å²) in [6, 6.07) is 5.41. The molecule has 0 aliphatic carbocycles. The summed E-state index contributed by atoms with van der Waals surface area (Å²) in [5.74, 6) is 0. The predicted octanol–water partition coefficient (Wildman–Crippen LogP) is 1.31. The van der Waals surface area contributed by atoms with Crippen LogP contribution in [0.2, 0.25) is 5.15 Å². The maximum atomic E-state index is 8.56. The Hall–Kier alpha value is 0.762. The second kappa shape index (κ2) is 9.85. The number of aromatic nitrogens is 1. The molecule has 0 bridgehead atoms. The molecule has 1 rings (SSSR count). The molecule has 1 aromatic heterocycles. The van der Waals surface area contributed by atoms with Gasteiger partial charge in [-0.15, -0.1) is 0 Å². The van der Waals surface area contributed by atoms with E-state index in [2.05, 4.69) is 4.98 Å². The Morgan fingerprint density at radius 3 is 2.08 bits per heavy atom. The third-order valence-electron chi connectivity index (χ3n) is 0.629. The van der Waals surface area contributed by atoms with Gasteiger partial charge in [-0.2, -0.15) is 0 Å². The second-order valence-electron chi connectivity index (χ2n) is 1.44. The fourth-order valence-electron chi connectivity index (χ4n) is 0.342. The molecule has 0 aromatic carbocycles. The van der Waals surface area contributed by atoms with Crippen molar-refractivity contribution in [2.75, 3.05) is 0 Å². The molecule has 2 N–H and O–H groups in total. The predicted molar refractivity (Wildman–Crippen MR) is 47.0 cm³/mol. The van der Waals surface area contributed by atoms with Gasteiger partial charge in [0, 0.05) is 6.20 Å². The van der Waals surface area contributed by atoms with E-state index >= 15 is 0 Å². The van der Waals surface area contributed by atoms with Crippen LogP contribution in [0.5, 0.6) is 0 Å². The van der Waals surface area contributed by atoms with Crippen LogP contribution in [-0.4, -0.2) is 90.2 Å². The minimum absolute atomic E-state index is 0. The van der Waals surface area contributed by atoms with Gasteiger partial charge in [-0.05, 0) is 12.1 Å². The molecule has 1 heterocycles. The summed E-state index contributed by atoms with van der Waals surface area (Å²) < 4.78 is 0. The van der Waals surface area contributed by atoms with Crippen molar-refractivity contribution in [1.82, 2.24) is 4.98 Å². The number of hydrogen-bond acceptors (Lipinski definition) is 2. The summed E-state index contributed by atoms with van der Waals surface area (Å²) in [6.07, 6.45) is -0.178. The Labute approximate surface area is 133 Å². The number of rotatable bonds is 0. The number of pyridine rings is 1. The van der Waals surface area contributed by atoms with E-state index in [1.54, 1.807) is 12.3 Å². The van der Waals surface area contributed by atoms with E-state index in [4.69, 9.17) is 26.6 Å². The number of carbonyl (C=O) groups is 1. The Kier molecular flexibility index (Phi) is 12.5. The summed E-state index contributed by atoms with van der Waals surface area (Å²) in [4.78, 5) is 12.3. The normalized spacial score (nSPS) is 7.08. The Morgan fingerprint density at radius 1 is 1.42 bits per heavy atom. The van der Waals surface area contributed by atoms with Crippen molar-refractivity contribution in [2.24, 2.45) is 0 Å². The zero-order chi connectivity index (χ0) is 8.69. The summed E-state index contributed by atoms with van der Waals surface area (Å²) >= 11 is 5.43. The van der Waals surface area contributed by atoms with Gasteiger partial charge in [0.2, 0.25) is 0 Å². The van der Waals surface area contributed by atoms with Gasteiger partial charge in [0.05, 0.1) is 0 Å². The van der Waals surface area contributed by atoms with Crippen molar-refractivity contribution in [3.05, 3.63) is 29.5 Å². The molecule has 0 atom stereocenters. The fourth-order valence-corrected chi connectivity index (χ4v) is 0.471. The molecule has 0 aliphatic heterocycles. The quantitative estimate of drug-likeness (QED) is 0.709. The van der Waals surface area contributed by atoms with Crippen LogP contribution in [0.15, 0.2) is 24.4 Å². The first-order chi connectivity index (χ1) is 5.13. The van der Waals surface area contributed by atoms with Crippen LogP contribution in [-0.2, 0) is 0 Å². The third kappa shape index (κ3) is 13.4. The van der Waals surface area contributed by atoms with E-state index in [1.807, 2.05) is 12.1 Å². The topological polar surface area (TPSA) is 70.4 Å². The fraction of sp³-hybridized carbons (Fsp3) is 0. The second-order valence-corrected chi connectivity index (χ2v) is 1.82. The van der Waals surface area contributed by atoms with Crippen molar-refractivity contribution < 1.29 is 15.0 Å².